The number of methoxy groups -OCH3 is 1. The van der Waals surface area contributed by atoms with Crippen LogP contribution in [0.3, 0.4) is 0 Å². The highest BCUT2D eigenvalue weighted by atomic mass is 32.2. The molecule has 4 rings (SSSR count). The summed E-state index contributed by atoms with van der Waals surface area (Å²) in [5.74, 6) is 1.78. The number of anilines is 1. The van der Waals surface area contributed by atoms with Gasteiger partial charge in [0.15, 0.2) is 5.16 Å². The fourth-order valence-corrected chi connectivity index (χ4v) is 4.24. The van der Waals surface area contributed by atoms with Crippen molar-refractivity contribution in [3.05, 3.63) is 95.3 Å². The molecule has 1 aromatic heterocycles. The van der Waals surface area contributed by atoms with Crippen molar-refractivity contribution in [1.82, 2.24) is 14.8 Å². The van der Waals surface area contributed by atoms with E-state index in [0.717, 1.165) is 39.6 Å². The Morgan fingerprint density at radius 3 is 2.45 bits per heavy atom. The van der Waals surface area contributed by atoms with Crippen LogP contribution in [0.15, 0.2) is 78.0 Å². The standard InChI is InChI=1S/C26H26N4O2S/c1-18-8-7-11-23(19(18)2)27-25(31)17-33-26-29-28-24(30(26)21-9-5-4-6-10-21)16-20-12-14-22(32-3)15-13-20/h4-15H,16-17H2,1-3H3,(H,27,31). The molecular formula is C26H26N4O2S. The third-order valence-electron chi connectivity index (χ3n) is 5.45. The monoisotopic (exact) mass is 458 g/mol. The third kappa shape index (κ3) is 5.43. The molecule has 4 aromatic rings. The molecule has 0 atom stereocenters. The predicted molar refractivity (Wildman–Crippen MR) is 132 cm³/mol. The third-order valence-corrected chi connectivity index (χ3v) is 6.38. The Hall–Kier alpha value is -3.58. The van der Waals surface area contributed by atoms with Crippen LogP contribution in [0.1, 0.15) is 22.5 Å². The van der Waals surface area contributed by atoms with Crippen LogP contribution < -0.4 is 10.1 Å². The lowest BCUT2D eigenvalue weighted by atomic mass is 10.1. The van der Waals surface area contributed by atoms with Crippen LogP contribution in [0.25, 0.3) is 5.69 Å². The minimum absolute atomic E-state index is 0.0759. The van der Waals surface area contributed by atoms with E-state index in [0.29, 0.717) is 11.6 Å². The molecule has 3 aromatic carbocycles. The molecule has 1 amide bonds. The van der Waals surface area contributed by atoms with E-state index >= 15 is 0 Å². The molecule has 0 radical (unpaired) electrons. The SMILES string of the molecule is COc1ccc(Cc2nnc(SCC(=O)Nc3cccc(C)c3C)n2-c2ccccc2)cc1. The molecular weight excluding hydrogens is 432 g/mol. The Balaban J connectivity index is 1.53. The average molecular weight is 459 g/mol. The van der Waals surface area contributed by atoms with Crippen molar-refractivity contribution in [3.63, 3.8) is 0 Å². The van der Waals surface area contributed by atoms with Crippen molar-refractivity contribution in [2.75, 3.05) is 18.2 Å². The summed E-state index contributed by atoms with van der Waals surface area (Å²) < 4.78 is 7.27. The molecule has 168 valence electrons. The van der Waals surface area contributed by atoms with E-state index in [9.17, 15) is 4.79 Å². The second-order valence-electron chi connectivity index (χ2n) is 7.68. The first kappa shape index (κ1) is 22.6. The summed E-state index contributed by atoms with van der Waals surface area (Å²) in [6, 6.07) is 23.8. The number of ether oxygens (including phenoxy) is 1. The lowest BCUT2D eigenvalue weighted by molar-refractivity contribution is -0.113. The highest BCUT2D eigenvalue weighted by Crippen LogP contribution is 2.25. The number of benzene rings is 3. The van der Waals surface area contributed by atoms with E-state index < -0.39 is 0 Å². The van der Waals surface area contributed by atoms with Crippen LogP contribution in [-0.4, -0.2) is 33.5 Å². The van der Waals surface area contributed by atoms with Crippen molar-refractivity contribution in [2.24, 2.45) is 0 Å². The summed E-state index contributed by atoms with van der Waals surface area (Å²) in [5.41, 5.74) is 5.12. The van der Waals surface area contributed by atoms with Gasteiger partial charge in [-0.3, -0.25) is 9.36 Å². The number of nitrogens with zero attached hydrogens (tertiary/aromatic N) is 3. The van der Waals surface area contributed by atoms with E-state index in [2.05, 4.69) is 15.5 Å². The van der Waals surface area contributed by atoms with Gasteiger partial charge in [-0.25, -0.2) is 0 Å². The van der Waals surface area contributed by atoms with Gasteiger partial charge in [0.25, 0.3) is 0 Å². The Bertz CT molecular complexity index is 1240. The summed E-state index contributed by atoms with van der Waals surface area (Å²) >= 11 is 1.37. The maximum atomic E-state index is 12.7. The Labute approximate surface area is 198 Å². The number of thioether (sulfide) groups is 1. The first-order valence-corrected chi connectivity index (χ1v) is 11.6. The minimum atomic E-state index is -0.0759. The van der Waals surface area contributed by atoms with Crippen molar-refractivity contribution in [1.29, 1.82) is 0 Å². The number of aryl methyl sites for hydroxylation is 1. The Morgan fingerprint density at radius 2 is 1.73 bits per heavy atom. The van der Waals surface area contributed by atoms with E-state index in [1.807, 2.05) is 91.2 Å². The number of carbonyl (C=O) groups excluding carboxylic acids is 1. The topological polar surface area (TPSA) is 69.0 Å². The van der Waals surface area contributed by atoms with Crippen molar-refractivity contribution in [2.45, 2.75) is 25.4 Å². The lowest BCUT2D eigenvalue weighted by Gasteiger charge is -2.12. The van der Waals surface area contributed by atoms with Gasteiger partial charge in [-0.05, 0) is 60.9 Å². The quantitative estimate of drug-likeness (QED) is 0.367. The fourth-order valence-electron chi connectivity index (χ4n) is 3.47. The molecule has 1 heterocycles. The van der Waals surface area contributed by atoms with Gasteiger partial charge >= 0.3 is 0 Å². The molecule has 33 heavy (non-hydrogen) atoms. The molecule has 0 spiro atoms. The molecule has 0 unspecified atom stereocenters. The second kappa shape index (κ2) is 10.4. The number of nitrogens with one attached hydrogen (secondary N) is 1. The van der Waals surface area contributed by atoms with Gasteiger partial charge < -0.3 is 10.1 Å². The summed E-state index contributed by atoms with van der Waals surface area (Å²) in [4.78, 5) is 12.7. The summed E-state index contributed by atoms with van der Waals surface area (Å²) in [7, 11) is 1.65. The van der Waals surface area contributed by atoms with Crippen molar-refractivity contribution >= 4 is 23.4 Å². The van der Waals surface area contributed by atoms with Gasteiger partial charge in [0.2, 0.25) is 5.91 Å². The van der Waals surface area contributed by atoms with Gasteiger partial charge in [0.1, 0.15) is 11.6 Å². The van der Waals surface area contributed by atoms with E-state index in [-0.39, 0.29) is 11.7 Å². The molecule has 7 heteroatoms. The van der Waals surface area contributed by atoms with Gasteiger partial charge in [0.05, 0.1) is 12.9 Å². The molecule has 0 saturated carbocycles. The largest absolute Gasteiger partial charge is 0.497 e. The van der Waals surface area contributed by atoms with Crippen LogP contribution in [0.2, 0.25) is 0 Å². The number of rotatable bonds is 8. The maximum Gasteiger partial charge on any atom is 0.234 e. The molecule has 1 N–H and O–H groups in total. The van der Waals surface area contributed by atoms with Crippen molar-refractivity contribution in [3.8, 4) is 11.4 Å². The van der Waals surface area contributed by atoms with E-state index in [1.165, 1.54) is 11.8 Å². The predicted octanol–water partition coefficient (Wildman–Crippen LogP) is 5.21. The molecule has 6 nitrogen and oxygen atoms in total. The van der Waals surface area contributed by atoms with Crippen LogP contribution in [-0.2, 0) is 11.2 Å². The first-order chi connectivity index (χ1) is 16.0. The molecule has 0 bridgehead atoms. The van der Waals surface area contributed by atoms with Crippen LogP contribution in [0.5, 0.6) is 5.75 Å². The Kier molecular flexibility index (Phi) is 7.10. The average Bonchev–Trinajstić information content (AvgIpc) is 3.24. The van der Waals surface area contributed by atoms with Crippen LogP contribution >= 0.6 is 11.8 Å². The number of hydrogen-bond acceptors (Lipinski definition) is 5. The van der Waals surface area contributed by atoms with Crippen LogP contribution in [0, 0.1) is 13.8 Å². The number of amides is 1. The second-order valence-corrected chi connectivity index (χ2v) is 8.62. The number of para-hydroxylation sites is 1. The van der Waals surface area contributed by atoms with E-state index in [1.54, 1.807) is 7.11 Å². The summed E-state index contributed by atoms with van der Waals surface area (Å²) in [5, 5.41) is 12.5. The van der Waals surface area contributed by atoms with Crippen molar-refractivity contribution < 1.29 is 9.53 Å². The summed E-state index contributed by atoms with van der Waals surface area (Å²) in [6.45, 7) is 4.04. The molecule has 0 fully saturated rings. The zero-order chi connectivity index (χ0) is 23.2. The van der Waals surface area contributed by atoms with Gasteiger partial charge in [-0.15, -0.1) is 10.2 Å². The zero-order valence-corrected chi connectivity index (χ0v) is 19.7. The normalized spacial score (nSPS) is 10.8. The number of hydrogen-bond donors (Lipinski definition) is 1. The van der Waals surface area contributed by atoms with Gasteiger partial charge in [-0.2, -0.15) is 0 Å². The highest BCUT2D eigenvalue weighted by molar-refractivity contribution is 7.99. The number of aromatic nitrogens is 3. The highest BCUT2D eigenvalue weighted by Gasteiger charge is 2.17. The van der Waals surface area contributed by atoms with Gasteiger partial charge in [0, 0.05) is 17.8 Å². The summed E-state index contributed by atoms with van der Waals surface area (Å²) in [6.07, 6.45) is 0.612. The number of carbonyl (C=O) groups is 1. The minimum Gasteiger partial charge on any atom is -0.497 e. The van der Waals surface area contributed by atoms with Gasteiger partial charge in [-0.1, -0.05) is 54.2 Å². The first-order valence-electron chi connectivity index (χ1n) is 10.7. The van der Waals surface area contributed by atoms with E-state index in [4.69, 9.17) is 4.74 Å². The maximum absolute atomic E-state index is 12.7. The molecule has 0 aliphatic heterocycles. The molecule has 0 aliphatic rings. The molecule has 0 aliphatic carbocycles. The lowest BCUT2D eigenvalue weighted by Crippen LogP contribution is -2.15. The zero-order valence-electron chi connectivity index (χ0n) is 18.9. The smallest absolute Gasteiger partial charge is 0.234 e. The fraction of sp³-hybridized carbons (Fsp3) is 0.192. The molecule has 0 saturated heterocycles. The van der Waals surface area contributed by atoms with Crippen LogP contribution in [0.4, 0.5) is 5.69 Å². The Morgan fingerprint density at radius 1 is 0.970 bits per heavy atom.